The Balaban J connectivity index is 1.81. The van der Waals surface area contributed by atoms with Crippen LogP contribution in [-0.2, 0) is 4.79 Å². The molecule has 0 spiro atoms. The van der Waals surface area contributed by atoms with Crippen LogP contribution in [0.3, 0.4) is 0 Å². The van der Waals surface area contributed by atoms with Crippen LogP contribution in [0.15, 0.2) is 24.5 Å². The Morgan fingerprint density at radius 3 is 2.73 bits per heavy atom. The molecule has 2 heterocycles. The van der Waals surface area contributed by atoms with Crippen molar-refractivity contribution in [1.82, 2.24) is 14.9 Å². The average molecular weight is 302 g/mol. The van der Waals surface area contributed by atoms with E-state index in [2.05, 4.69) is 14.9 Å². The summed E-state index contributed by atoms with van der Waals surface area (Å²) < 4.78 is 13.3. The van der Waals surface area contributed by atoms with Gasteiger partial charge in [0.2, 0.25) is 5.91 Å². The molecule has 1 fully saturated rings. The maximum atomic E-state index is 13.3. The molecule has 1 aromatic carbocycles. The Labute approximate surface area is 128 Å². The minimum atomic E-state index is -0.293. The van der Waals surface area contributed by atoms with Crippen LogP contribution in [0.25, 0.3) is 10.9 Å². The fourth-order valence-electron chi connectivity index (χ4n) is 2.99. The second-order valence-electron chi connectivity index (χ2n) is 5.71. The quantitative estimate of drug-likeness (QED) is 0.853. The van der Waals surface area contributed by atoms with Gasteiger partial charge in [-0.2, -0.15) is 0 Å². The molecular weight excluding hydrogens is 283 g/mol. The smallest absolute Gasteiger partial charge is 0.219 e. The zero-order valence-corrected chi connectivity index (χ0v) is 12.8. The van der Waals surface area contributed by atoms with Crippen molar-refractivity contribution in [2.75, 3.05) is 25.0 Å². The van der Waals surface area contributed by atoms with E-state index in [4.69, 9.17) is 0 Å². The third kappa shape index (κ3) is 2.73. The van der Waals surface area contributed by atoms with Gasteiger partial charge in [-0.15, -0.1) is 0 Å². The van der Waals surface area contributed by atoms with Crippen molar-refractivity contribution >= 4 is 22.6 Å². The van der Waals surface area contributed by atoms with Gasteiger partial charge in [0, 0.05) is 44.6 Å². The summed E-state index contributed by atoms with van der Waals surface area (Å²) in [6, 6.07) is 4.87. The fraction of sp³-hybridized carbons (Fsp3) is 0.438. The summed E-state index contributed by atoms with van der Waals surface area (Å²) in [7, 11) is 1.85. The molecule has 0 radical (unpaired) electrons. The molecule has 0 aliphatic carbocycles. The standard InChI is InChI=1S/C16H19FN4O/c1-11(22)20(2)13-5-7-21(8-6-13)16-14-4-3-12(17)9-15(14)18-10-19-16/h3-4,9-10,13H,5-8H2,1-2H3. The summed E-state index contributed by atoms with van der Waals surface area (Å²) in [5.74, 6) is 0.647. The number of benzene rings is 1. The fourth-order valence-corrected chi connectivity index (χ4v) is 2.99. The maximum Gasteiger partial charge on any atom is 0.219 e. The highest BCUT2D eigenvalue weighted by molar-refractivity contribution is 5.89. The zero-order chi connectivity index (χ0) is 15.7. The number of carbonyl (C=O) groups excluding carboxylic acids is 1. The first-order valence-corrected chi connectivity index (χ1v) is 7.45. The molecule has 0 saturated carbocycles. The third-order valence-corrected chi connectivity index (χ3v) is 4.39. The first-order valence-electron chi connectivity index (χ1n) is 7.45. The van der Waals surface area contributed by atoms with Crippen molar-refractivity contribution in [2.24, 2.45) is 0 Å². The molecule has 5 nitrogen and oxygen atoms in total. The highest BCUT2D eigenvalue weighted by Crippen LogP contribution is 2.27. The van der Waals surface area contributed by atoms with Gasteiger partial charge in [0.25, 0.3) is 0 Å². The highest BCUT2D eigenvalue weighted by atomic mass is 19.1. The number of hydrogen-bond acceptors (Lipinski definition) is 4. The third-order valence-electron chi connectivity index (χ3n) is 4.39. The van der Waals surface area contributed by atoms with Crippen molar-refractivity contribution in [1.29, 1.82) is 0 Å². The molecule has 3 rings (SSSR count). The zero-order valence-electron chi connectivity index (χ0n) is 12.8. The van der Waals surface area contributed by atoms with Crippen LogP contribution >= 0.6 is 0 Å². The first-order chi connectivity index (χ1) is 10.6. The van der Waals surface area contributed by atoms with Gasteiger partial charge in [0.05, 0.1) is 5.52 Å². The largest absolute Gasteiger partial charge is 0.356 e. The molecule has 22 heavy (non-hydrogen) atoms. The first kappa shape index (κ1) is 14.7. The number of amides is 1. The highest BCUT2D eigenvalue weighted by Gasteiger charge is 2.25. The van der Waals surface area contributed by atoms with Crippen LogP contribution in [0.2, 0.25) is 0 Å². The topological polar surface area (TPSA) is 49.3 Å². The number of nitrogens with zero attached hydrogens (tertiary/aromatic N) is 4. The van der Waals surface area contributed by atoms with Crippen LogP contribution in [0.4, 0.5) is 10.2 Å². The lowest BCUT2D eigenvalue weighted by Crippen LogP contribution is -2.45. The van der Waals surface area contributed by atoms with Gasteiger partial charge in [0.15, 0.2) is 0 Å². The van der Waals surface area contributed by atoms with Gasteiger partial charge in [-0.3, -0.25) is 4.79 Å². The summed E-state index contributed by atoms with van der Waals surface area (Å²) in [6.07, 6.45) is 3.29. The van der Waals surface area contributed by atoms with Gasteiger partial charge < -0.3 is 9.80 Å². The number of piperidine rings is 1. The summed E-state index contributed by atoms with van der Waals surface area (Å²) in [5, 5.41) is 0.863. The summed E-state index contributed by atoms with van der Waals surface area (Å²) in [4.78, 5) is 24.0. The summed E-state index contributed by atoms with van der Waals surface area (Å²) in [6.45, 7) is 3.25. The lowest BCUT2D eigenvalue weighted by atomic mass is 10.0. The van der Waals surface area contributed by atoms with Crippen molar-refractivity contribution in [2.45, 2.75) is 25.8 Å². The molecule has 116 valence electrons. The number of rotatable bonds is 2. The molecule has 1 saturated heterocycles. The van der Waals surface area contributed by atoms with E-state index in [0.717, 1.165) is 37.1 Å². The number of fused-ring (bicyclic) bond motifs is 1. The second-order valence-corrected chi connectivity index (χ2v) is 5.71. The minimum Gasteiger partial charge on any atom is -0.356 e. The van der Waals surface area contributed by atoms with Crippen LogP contribution in [0.1, 0.15) is 19.8 Å². The number of halogens is 1. The number of aromatic nitrogens is 2. The van der Waals surface area contributed by atoms with Gasteiger partial charge >= 0.3 is 0 Å². The molecule has 1 aliphatic heterocycles. The van der Waals surface area contributed by atoms with E-state index in [1.165, 1.54) is 18.5 Å². The van der Waals surface area contributed by atoms with Crippen molar-refractivity contribution in [3.8, 4) is 0 Å². The lowest BCUT2D eigenvalue weighted by Gasteiger charge is -2.37. The van der Waals surface area contributed by atoms with E-state index in [1.807, 2.05) is 11.9 Å². The van der Waals surface area contributed by atoms with Crippen LogP contribution in [0.5, 0.6) is 0 Å². The molecule has 0 N–H and O–H groups in total. The molecule has 1 amide bonds. The van der Waals surface area contributed by atoms with Crippen molar-refractivity contribution in [3.63, 3.8) is 0 Å². The van der Waals surface area contributed by atoms with Crippen LogP contribution in [0, 0.1) is 5.82 Å². The van der Waals surface area contributed by atoms with Gasteiger partial charge in [0.1, 0.15) is 18.0 Å². The van der Waals surface area contributed by atoms with E-state index in [1.54, 1.807) is 13.0 Å². The number of anilines is 1. The van der Waals surface area contributed by atoms with Crippen LogP contribution < -0.4 is 4.90 Å². The minimum absolute atomic E-state index is 0.0985. The van der Waals surface area contributed by atoms with Gasteiger partial charge in [-0.1, -0.05) is 0 Å². The molecule has 1 aliphatic rings. The lowest BCUT2D eigenvalue weighted by molar-refractivity contribution is -0.129. The predicted molar refractivity (Wildman–Crippen MR) is 83.2 cm³/mol. The Morgan fingerprint density at radius 1 is 1.32 bits per heavy atom. The average Bonchev–Trinajstić information content (AvgIpc) is 2.53. The summed E-state index contributed by atoms with van der Waals surface area (Å²) >= 11 is 0. The molecule has 1 aromatic heterocycles. The van der Waals surface area contributed by atoms with E-state index in [9.17, 15) is 9.18 Å². The molecule has 0 atom stereocenters. The predicted octanol–water partition coefficient (Wildman–Crippen LogP) is 2.22. The monoisotopic (exact) mass is 302 g/mol. The van der Waals surface area contributed by atoms with E-state index < -0.39 is 0 Å². The number of hydrogen-bond donors (Lipinski definition) is 0. The molecule has 2 aromatic rings. The molecule has 0 unspecified atom stereocenters. The Hall–Kier alpha value is -2.24. The molecule has 0 bridgehead atoms. The Bertz CT molecular complexity index is 698. The second kappa shape index (κ2) is 5.87. The normalized spacial score (nSPS) is 16.0. The molecular formula is C16H19FN4O. The maximum absolute atomic E-state index is 13.3. The Kier molecular flexibility index (Phi) is 3.92. The van der Waals surface area contributed by atoms with Crippen molar-refractivity contribution < 1.29 is 9.18 Å². The SMILES string of the molecule is CC(=O)N(C)C1CCN(c2ncnc3cc(F)ccc23)CC1. The number of carbonyl (C=O) groups is 1. The van der Waals surface area contributed by atoms with E-state index in [0.29, 0.717) is 5.52 Å². The van der Waals surface area contributed by atoms with E-state index >= 15 is 0 Å². The van der Waals surface area contributed by atoms with E-state index in [-0.39, 0.29) is 17.8 Å². The van der Waals surface area contributed by atoms with Crippen LogP contribution in [-0.4, -0.2) is 47.0 Å². The van der Waals surface area contributed by atoms with Gasteiger partial charge in [-0.25, -0.2) is 14.4 Å². The summed E-state index contributed by atoms with van der Waals surface area (Å²) in [5.41, 5.74) is 0.618. The van der Waals surface area contributed by atoms with Crippen molar-refractivity contribution in [3.05, 3.63) is 30.3 Å². The Morgan fingerprint density at radius 2 is 2.05 bits per heavy atom. The molecule has 6 heteroatoms. The van der Waals surface area contributed by atoms with Gasteiger partial charge in [-0.05, 0) is 25.0 Å².